The fraction of sp³-hybridized carbons (Fsp3) is 0.917. The van der Waals surface area contributed by atoms with Gasteiger partial charge in [-0.05, 0) is 84.0 Å². The van der Waals surface area contributed by atoms with E-state index in [9.17, 15) is 9.59 Å². The summed E-state index contributed by atoms with van der Waals surface area (Å²) in [6.45, 7) is 19.8. The molecule has 1 heterocycles. The zero-order valence-corrected chi connectivity index (χ0v) is 21.6. The molecule has 2 N–H and O–H groups in total. The molecule has 182 valence electrons. The van der Waals surface area contributed by atoms with Crippen molar-refractivity contribution >= 4 is 19.1 Å². The molecule has 1 aliphatic heterocycles. The van der Waals surface area contributed by atoms with Gasteiger partial charge in [-0.15, -0.1) is 0 Å². The van der Waals surface area contributed by atoms with Gasteiger partial charge in [0.15, 0.2) is 0 Å². The first-order chi connectivity index (χ1) is 14.5. The van der Waals surface area contributed by atoms with Crippen LogP contribution in [0, 0.1) is 23.2 Å². The van der Waals surface area contributed by atoms with E-state index in [0.717, 1.165) is 12.8 Å². The molecule has 4 aliphatic rings. The lowest BCUT2D eigenvalue weighted by Crippen LogP contribution is -2.65. The van der Waals surface area contributed by atoms with Gasteiger partial charge in [-0.25, -0.2) is 4.79 Å². The average Bonchev–Trinajstić information content (AvgIpc) is 2.95. The number of hydrogen-bond donors (Lipinski definition) is 2. The molecule has 3 saturated carbocycles. The maximum Gasteiger partial charge on any atom is 0.481 e. The minimum absolute atomic E-state index is 0.0590. The second-order valence-electron chi connectivity index (χ2n) is 12.8. The van der Waals surface area contributed by atoms with Crippen molar-refractivity contribution in [3.8, 4) is 0 Å². The van der Waals surface area contributed by atoms with Crippen molar-refractivity contribution in [2.45, 2.75) is 117 Å². The molecule has 5 atom stereocenters. The number of alkyl carbamates (subject to hydrolysis) is 1. The van der Waals surface area contributed by atoms with Crippen molar-refractivity contribution < 1.29 is 23.6 Å². The van der Waals surface area contributed by atoms with Crippen LogP contribution in [-0.4, -0.2) is 47.9 Å². The Labute approximate surface area is 194 Å². The van der Waals surface area contributed by atoms with Crippen LogP contribution in [0.5, 0.6) is 0 Å². The van der Waals surface area contributed by atoms with Crippen LogP contribution in [-0.2, 0) is 18.8 Å². The van der Waals surface area contributed by atoms with Crippen LogP contribution in [0.4, 0.5) is 4.79 Å². The maximum atomic E-state index is 13.2. The molecule has 7 nitrogen and oxygen atoms in total. The van der Waals surface area contributed by atoms with Gasteiger partial charge in [-0.3, -0.25) is 4.79 Å². The summed E-state index contributed by atoms with van der Waals surface area (Å²) < 4.78 is 18.4. The molecular weight excluding hydrogens is 407 g/mol. The topological polar surface area (TPSA) is 85.9 Å². The molecule has 0 radical (unpaired) electrons. The smallest absolute Gasteiger partial charge is 0.444 e. The molecule has 0 aromatic carbocycles. The van der Waals surface area contributed by atoms with Crippen LogP contribution in [0.2, 0.25) is 0 Å². The van der Waals surface area contributed by atoms with Gasteiger partial charge in [0.25, 0.3) is 0 Å². The highest BCUT2D eigenvalue weighted by Crippen LogP contribution is 2.65. The van der Waals surface area contributed by atoms with Crippen molar-refractivity contribution in [1.29, 1.82) is 0 Å². The molecule has 3 aliphatic carbocycles. The van der Waals surface area contributed by atoms with Crippen molar-refractivity contribution in [3.63, 3.8) is 0 Å². The molecule has 4 rings (SSSR count). The zero-order chi connectivity index (χ0) is 24.3. The van der Waals surface area contributed by atoms with E-state index in [1.807, 2.05) is 0 Å². The monoisotopic (exact) mass is 450 g/mol. The second-order valence-corrected chi connectivity index (χ2v) is 12.8. The normalized spacial score (nSPS) is 32.1. The van der Waals surface area contributed by atoms with Crippen LogP contribution in [0.25, 0.3) is 0 Å². The molecule has 1 saturated heterocycles. The van der Waals surface area contributed by atoms with Gasteiger partial charge in [0.05, 0.1) is 17.6 Å². The summed E-state index contributed by atoms with van der Waals surface area (Å²) in [6, 6.07) is 0. The van der Waals surface area contributed by atoms with Gasteiger partial charge in [0, 0.05) is 0 Å². The SMILES string of the molecule is CC(C)CC(NC(=O)C(C)(C)NC(=O)OC(C)(C)C)B1OC2CC3CC(C3(C)C)C2(C)O1. The summed E-state index contributed by atoms with van der Waals surface area (Å²) in [5.74, 6) is 0.887. The van der Waals surface area contributed by atoms with E-state index in [2.05, 4.69) is 45.3 Å². The summed E-state index contributed by atoms with van der Waals surface area (Å²) >= 11 is 0. The van der Waals surface area contributed by atoms with Crippen LogP contribution in [0.15, 0.2) is 0 Å². The second kappa shape index (κ2) is 8.19. The number of amides is 2. The largest absolute Gasteiger partial charge is 0.481 e. The van der Waals surface area contributed by atoms with Crippen molar-refractivity contribution in [3.05, 3.63) is 0 Å². The third kappa shape index (κ3) is 4.81. The highest BCUT2D eigenvalue weighted by atomic mass is 16.7. The summed E-state index contributed by atoms with van der Waals surface area (Å²) in [6.07, 6.45) is 2.35. The van der Waals surface area contributed by atoms with E-state index in [4.69, 9.17) is 14.0 Å². The zero-order valence-electron chi connectivity index (χ0n) is 21.6. The van der Waals surface area contributed by atoms with Gasteiger partial charge in [-0.2, -0.15) is 0 Å². The summed E-state index contributed by atoms with van der Waals surface area (Å²) in [7, 11) is -0.496. The fourth-order valence-corrected chi connectivity index (χ4v) is 5.78. The Kier molecular flexibility index (Phi) is 6.49. The standard InChI is InChI=1S/C24H43BN2O5/c1-14(2)11-18(26-19(28)23(8,9)27-20(29)30-21(3,4)5)25-31-17-13-15-12-16(22(15,6)7)24(17,10)32-25/h14-18H,11-13H2,1-10H3,(H,26,28)(H,27,29). The van der Waals surface area contributed by atoms with Crippen molar-refractivity contribution in [1.82, 2.24) is 10.6 Å². The van der Waals surface area contributed by atoms with Crippen LogP contribution in [0.3, 0.4) is 0 Å². The number of carbonyl (C=O) groups excluding carboxylic acids is 2. The summed E-state index contributed by atoms with van der Waals surface area (Å²) in [5, 5.41) is 5.80. The Morgan fingerprint density at radius 3 is 2.28 bits per heavy atom. The Balaban J connectivity index is 1.69. The number of ether oxygens (including phenoxy) is 1. The first-order valence-electron chi connectivity index (χ1n) is 12.1. The Morgan fingerprint density at radius 1 is 1.12 bits per heavy atom. The first kappa shape index (κ1) is 25.3. The van der Waals surface area contributed by atoms with E-state index < -0.39 is 24.4 Å². The number of nitrogens with one attached hydrogen (secondary N) is 2. The number of rotatable bonds is 6. The molecule has 5 unspecified atom stereocenters. The highest BCUT2D eigenvalue weighted by molar-refractivity contribution is 6.48. The predicted molar refractivity (Wildman–Crippen MR) is 125 cm³/mol. The van der Waals surface area contributed by atoms with E-state index in [-0.39, 0.29) is 29.0 Å². The molecule has 32 heavy (non-hydrogen) atoms. The first-order valence-corrected chi connectivity index (χ1v) is 12.1. The van der Waals surface area contributed by atoms with Gasteiger partial charge >= 0.3 is 13.2 Å². The van der Waals surface area contributed by atoms with E-state index >= 15 is 0 Å². The van der Waals surface area contributed by atoms with E-state index in [1.54, 1.807) is 34.6 Å². The predicted octanol–water partition coefficient (Wildman–Crippen LogP) is 4.09. The lowest BCUT2D eigenvalue weighted by Gasteiger charge is -2.64. The van der Waals surface area contributed by atoms with Crippen LogP contribution < -0.4 is 10.6 Å². The molecule has 0 aromatic rings. The van der Waals surface area contributed by atoms with Crippen molar-refractivity contribution in [2.24, 2.45) is 23.2 Å². The summed E-state index contributed by atoms with van der Waals surface area (Å²) in [4.78, 5) is 25.4. The van der Waals surface area contributed by atoms with Crippen LogP contribution in [0.1, 0.15) is 88.5 Å². The molecular formula is C24H43BN2O5. The summed E-state index contributed by atoms with van der Waals surface area (Å²) in [5.41, 5.74) is -1.84. The molecule has 2 amide bonds. The molecule has 8 heteroatoms. The molecule has 0 spiro atoms. The number of carbonyl (C=O) groups is 2. The minimum Gasteiger partial charge on any atom is -0.444 e. The Bertz CT molecular complexity index is 747. The average molecular weight is 450 g/mol. The fourth-order valence-electron chi connectivity index (χ4n) is 5.78. The third-order valence-corrected chi connectivity index (χ3v) is 7.72. The Hall–Kier alpha value is -1.28. The van der Waals surface area contributed by atoms with Crippen LogP contribution >= 0.6 is 0 Å². The highest BCUT2D eigenvalue weighted by Gasteiger charge is 2.68. The molecule has 0 aromatic heterocycles. The lowest BCUT2D eigenvalue weighted by atomic mass is 9.43. The van der Waals surface area contributed by atoms with Gasteiger partial charge in [0.1, 0.15) is 11.1 Å². The van der Waals surface area contributed by atoms with Crippen molar-refractivity contribution in [2.75, 3.05) is 0 Å². The quantitative estimate of drug-likeness (QED) is 0.596. The van der Waals surface area contributed by atoms with Gasteiger partial charge in [0.2, 0.25) is 5.91 Å². The third-order valence-electron chi connectivity index (χ3n) is 7.72. The van der Waals surface area contributed by atoms with Gasteiger partial charge in [-0.1, -0.05) is 27.7 Å². The lowest BCUT2D eigenvalue weighted by molar-refractivity contribution is -0.199. The van der Waals surface area contributed by atoms with E-state index in [1.165, 1.54) is 6.42 Å². The maximum absolute atomic E-state index is 13.2. The molecule has 4 fully saturated rings. The van der Waals surface area contributed by atoms with E-state index in [0.29, 0.717) is 17.8 Å². The number of hydrogen-bond acceptors (Lipinski definition) is 5. The minimum atomic E-state index is -1.14. The molecule has 2 bridgehead atoms. The Morgan fingerprint density at radius 2 is 1.75 bits per heavy atom. The van der Waals surface area contributed by atoms with Gasteiger partial charge < -0.3 is 24.7 Å².